The van der Waals surface area contributed by atoms with Crippen LogP contribution in [-0.4, -0.2) is 11.9 Å². The Balaban J connectivity index is 2.41. The molecule has 0 atom stereocenters. The molecule has 0 unspecified atom stereocenters. The fraction of sp³-hybridized carbons (Fsp3) is 0.267. The summed E-state index contributed by atoms with van der Waals surface area (Å²) < 4.78 is 0. The van der Waals surface area contributed by atoms with Crippen LogP contribution in [0.3, 0.4) is 0 Å². The second-order valence-electron chi connectivity index (χ2n) is 4.94. The van der Waals surface area contributed by atoms with Gasteiger partial charge in [-0.05, 0) is 43.5 Å². The molecule has 1 aromatic carbocycles. The van der Waals surface area contributed by atoms with Gasteiger partial charge < -0.3 is 16.4 Å². The van der Waals surface area contributed by atoms with E-state index in [0.29, 0.717) is 11.3 Å². The number of hydrogen-bond acceptors (Lipinski definition) is 4. The maximum atomic E-state index is 11.6. The summed E-state index contributed by atoms with van der Waals surface area (Å²) in [4.78, 5) is 15.0. The lowest BCUT2D eigenvalue weighted by Crippen LogP contribution is -2.32. The maximum absolute atomic E-state index is 11.6. The Morgan fingerprint density at radius 3 is 2.65 bits per heavy atom. The zero-order chi connectivity index (χ0) is 14.7. The molecular formula is C15H19N3OS. The number of benzene rings is 1. The monoisotopic (exact) mass is 289 g/mol. The Bertz CT molecular complexity index is 593. The van der Waals surface area contributed by atoms with E-state index in [9.17, 15) is 4.79 Å². The van der Waals surface area contributed by atoms with Gasteiger partial charge in [0.1, 0.15) is 0 Å². The largest absolute Gasteiger partial charge is 0.399 e. The Labute approximate surface area is 123 Å². The first-order valence-corrected chi connectivity index (χ1v) is 7.35. The number of rotatable bonds is 5. The molecule has 2 aromatic rings. The van der Waals surface area contributed by atoms with Gasteiger partial charge in [-0.25, -0.2) is 0 Å². The predicted octanol–water partition coefficient (Wildman–Crippen LogP) is 2.84. The lowest BCUT2D eigenvalue weighted by Gasteiger charge is -2.30. The average Bonchev–Trinajstić information content (AvgIpc) is 2.89. The third-order valence-electron chi connectivity index (χ3n) is 3.13. The van der Waals surface area contributed by atoms with Gasteiger partial charge in [0.15, 0.2) is 0 Å². The molecule has 1 heterocycles. The van der Waals surface area contributed by atoms with E-state index in [2.05, 4.69) is 24.8 Å². The number of anilines is 2. The molecule has 106 valence electrons. The van der Waals surface area contributed by atoms with E-state index >= 15 is 0 Å². The number of carbonyl (C=O) groups is 1. The van der Waals surface area contributed by atoms with Crippen molar-refractivity contribution in [3.05, 3.63) is 46.2 Å². The molecule has 0 saturated carbocycles. The van der Waals surface area contributed by atoms with Gasteiger partial charge >= 0.3 is 0 Å². The van der Waals surface area contributed by atoms with E-state index < -0.39 is 5.91 Å². The van der Waals surface area contributed by atoms with Crippen LogP contribution in [0.15, 0.2) is 35.7 Å². The highest BCUT2D eigenvalue weighted by Crippen LogP contribution is 2.27. The van der Waals surface area contributed by atoms with Gasteiger partial charge in [0.2, 0.25) is 0 Å². The predicted molar refractivity (Wildman–Crippen MR) is 85.0 cm³/mol. The first-order chi connectivity index (χ1) is 9.49. The average molecular weight is 289 g/mol. The normalized spacial score (nSPS) is 10.8. The van der Waals surface area contributed by atoms with E-state index in [-0.39, 0.29) is 6.04 Å². The quantitative estimate of drug-likeness (QED) is 0.831. The van der Waals surface area contributed by atoms with Crippen LogP contribution in [0.2, 0.25) is 0 Å². The van der Waals surface area contributed by atoms with Crippen LogP contribution in [0.1, 0.15) is 29.1 Å². The highest BCUT2D eigenvalue weighted by Gasteiger charge is 2.18. The van der Waals surface area contributed by atoms with Crippen LogP contribution >= 0.6 is 11.3 Å². The summed E-state index contributed by atoms with van der Waals surface area (Å²) in [5.41, 5.74) is 13.1. The zero-order valence-corrected chi connectivity index (χ0v) is 12.5. The number of nitrogen functional groups attached to an aromatic ring is 1. The minimum atomic E-state index is -0.455. The maximum Gasteiger partial charge on any atom is 0.250 e. The van der Waals surface area contributed by atoms with Gasteiger partial charge in [0.25, 0.3) is 5.91 Å². The molecular weight excluding hydrogens is 270 g/mol. The van der Waals surface area contributed by atoms with Crippen LogP contribution < -0.4 is 16.4 Å². The number of thiophene rings is 1. The third kappa shape index (κ3) is 3.11. The van der Waals surface area contributed by atoms with Crippen molar-refractivity contribution in [3.8, 4) is 0 Å². The first kappa shape index (κ1) is 14.4. The van der Waals surface area contributed by atoms with Crippen LogP contribution in [0.25, 0.3) is 0 Å². The fourth-order valence-electron chi connectivity index (χ4n) is 2.12. The van der Waals surface area contributed by atoms with E-state index in [4.69, 9.17) is 11.5 Å². The number of nitrogens with zero attached hydrogens (tertiary/aromatic N) is 1. The summed E-state index contributed by atoms with van der Waals surface area (Å²) >= 11 is 1.70. The molecule has 0 radical (unpaired) electrons. The highest BCUT2D eigenvalue weighted by atomic mass is 32.1. The van der Waals surface area contributed by atoms with Gasteiger partial charge in [0.05, 0.1) is 17.8 Å². The summed E-state index contributed by atoms with van der Waals surface area (Å²) in [6.45, 7) is 4.93. The lowest BCUT2D eigenvalue weighted by molar-refractivity contribution is 0.100. The molecule has 1 amide bonds. The van der Waals surface area contributed by atoms with Crippen LogP contribution in [0.4, 0.5) is 11.4 Å². The van der Waals surface area contributed by atoms with Crippen molar-refractivity contribution in [2.75, 3.05) is 10.6 Å². The number of amides is 1. The Morgan fingerprint density at radius 1 is 1.35 bits per heavy atom. The first-order valence-electron chi connectivity index (χ1n) is 6.47. The second kappa shape index (κ2) is 5.96. The van der Waals surface area contributed by atoms with Crippen molar-refractivity contribution >= 4 is 28.6 Å². The van der Waals surface area contributed by atoms with Crippen LogP contribution in [0, 0.1) is 0 Å². The molecule has 0 aliphatic heterocycles. The van der Waals surface area contributed by atoms with E-state index in [1.807, 2.05) is 17.5 Å². The standard InChI is InChI=1S/C15H19N3OS/c1-10(2)18(9-12-4-3-7-20-12)14-6-5-11(16)8-13(14)15(17)19/h3-8,10H,9,16H2,1-2H3,(H2,17,19). The van der Waals surface area contributed by atoms with Crippen molar-refractivity contribution in [1.82, 2.24) is 0 Å². The highest BCUT2D eigenvalue weighted by molar-refractivity contribution is 7.09. The van der Waals surface area contributed by atoms with Gasteiger partial charge in [0, 0.05) is 16.6 Å². The minimum absolute atomic E-state index is 0.249. The number of carbonyl (C=O) groups excluding carboxylic acids is 1. The van der Waals surface area contributed by atoms with Crippen molar-refractivity contribution in [2.45, 2.75) is 26.4 Å². The smallest absolute Gasteiger partial charge is 0.250 e. The van der Waals surface area contributed by atoms with Crippen molar-refractivity contribution in [3.63, 3.8) is 0 Å². The second-order valence-corrected chi connectivity index (χ2v) is 5.97. The molecule has 1 aromatic heterocycles. The number of primary amides is 1. The van der Waals surface area contributed by atoms with E-state index in [0.717, 1.165) is 12.2 Å². The summed E-state index contributed by atoms with van der Waals surface area (Å²) in [6, 6.07) is 9.66. The number of hydrogen-bond donors (Lipinski definition) is 2. The Morgan fingerprint density at radius 2 is 2.10 bits per heavy atom. The Hall–Kier alpha value is -2.01. The van der Waals surface area contributed by atoms with Gasteiger partial charge in [-0.1, -0.05) is 6.07 Å². The van der Waals surface area contributed by atoms with Crippen molar-refractivity contribution in [1.29, 1.82) is 0 Å². The number of nitrogens with two attached hydrogens (primary N) is 2. The molecule has 0 spiro atoms. The summed E-state index contributed by atoms with van der Waals surface area (Å²) in [6.07, 6.45) is 0. The van der Waals surface area contributed by atoms with Crippen molar-refractivity contribution < 1.29 is 4.79 Å². The summed E-state index contributed by atoms with van der Waals surface area (Å²) in [5.74, 6) is -0.455. The molecule has 2 rings (SSSR count). The topological polar surface area (TPSA) is 72.3 Å². The molecule has 0 saturated heterocycles. The van der Waals surface area contributed by atoms with E-state index in [1.54, 1.807) is 23.5 Å². The Kier molecular flexibility index (Phi) is 4.29. The molecule has 0 aliphatic carbocycles. The third-order valence-corrected chi connectivity index (χ3v) is 3.99. The molecule has 0 bridgehead atoms. The molecule has 4 nitrogen and oxygen atoms in total. The van der Waals surface area contributed by atoms with Gasteiger partial charge in [-0.15, -0.1) is 11.3 Å². The van der Waals surface area contributed by atoms with E-state index in [1.165, 1.54) is 4.88 Å². The zero-order valence-electron chi connectivity index (χ0n) is 11.7. The van der Waals surface area contributed by atoms with Gasteiger partial charge in [-0.2, -0.15) is 0 Å². The van der Waals surface area contributed by atoms with Crippen LogP contribution in [0.5, 0.6) is 0 Å². The summed E-state index contributed by atoms with van der Waals surface area (Å²) in [7, 11) is 0. The molecule has 0 aliphatic rings. The van der Waals surface area contributed by atoms with Gasteiger partial charge in [-0.3, -0.25) is 4.79 Å². The minimum Gasteiger partial charge on any atom is -0.399 e. The molecule has 5 heteroatoms. The van der Waals surface area contributed by atoms with Crippen LogP contribution in [-0.2, 0) is 6.54 Å². The lowest BCUT2D eigenvalue weighted by atomic mass is 10.1. The fourth-order valence-corrected chi connectivity index (χ4v) is 2.82. The SMILES string of the molecule is CC(C)N(Cc1cccs1)c1ccc(N)cc1C(N)=O. The molecule has 4 N–H and O–H groups in total. The molecule has 20 heavy (non-hydrogen) atoms. The van der Waals surface area contributed by atoms with Crippen molar-refractivity contribution in [2.24, 2.45) is 5.73 Å². The molecule has 0 fully saturated rings. The summed E-state index contributed by atoms with van der Waals surface area (Å²) in [5, 5.41) is 2.05.